The van der Waals surface area contributed by atoms with Gasteiger partial charge in [-0.25, -0.2) is 0 Å². The number of anilines is 1. The number of carbonyl (C=O) groups excluding carboxylic acids is 1. The van der Waals surface area contributed by atoms with Gasteiger partial charge in [-0.2, -0.15) is 5.10 Å². The van der Waals surface area contributed by atoms with Crippen molar-refractivity contribution in [1.82, 2.24) is 9.78 Å². The van der Waals surface area contributed by atoms with Crippen molar-refractivity contribution in [3.05, 3.63) is 11.9 Å². The molecule has 80 valence electrons. The molecule has 2 fully saturated rings. The number of hydrogen-bond donors (Lipinski definition) is 2. The smallest absolute Gasteiger partial charge is 0.222 e. The standard InChI is InChI=1S/C10H14N4O/c11-7-4-14(8-3-6(8)10(12)15)13-9(7)5-1-2-5/h4-6,8H,1-3,11H2,(H2,12,15). The van der Waals surface area contributed by atoms with Crippen LogP contribution in [-0.4, -0.2) is 15.7 Å². The lowest BCUT2D eigenvalue weighted by molar-refractivity contribution is -0.119. The van der Waals surface area contributed by atoms with Gasteiger partial charge in [0, 0.05) is 12.1 Å². The van der Waals surface area contributed by atoms with E-state index in [1.807, 2.05) is 10.9 Å². The van der Waals surface area contributed by atoms with Crippen LogP contribution in [0.2, 0.25) is 0 Å². The second-order valence-corrected chi connectivity index (χ2v) is 4.54. The Morgan fingerprint density at radius 2 is 2.27 bits per heavy atom. The molecule has 2 unspecified atom stereocenters. The molecular weight excluding hydrogens is 192 g/mol. The number of primary amides is 1. The minimum atomic E-state index is -0.234. The zero-order valence-electron chi connectivity index (χ0n) is 8.39. The predicted molar refractivity (Wildman–Crippen MR) is 55.0 cm³/mol. The predicted octanol–water partition coefficient (Wildman–Crippen LogP) is 0.389. The van der Waals surface area contributed by atoms with Gasteiger partial charge in [0.2, 0.25) is 5.91 Å². The molecule has 2 aliphatic rings. The van der Waals surface area contributed by atoms with Crippen molar-refractivity contribution in [2.45, 2.75) is 31.2 Å². The summed E-state index contributed by atoms with van der Waals surface area (Å²) in [6, 6.07) is 0.150. The summed E-state index contributed by atoms with van der Waals surface area (Å²) in [5, 5.41) is 4.45. The molecular formula is C10H14N4O. The van der Waals surface area contributed by atoms with E-state index in [2.05, 4.69) is 5.10 Å². The third-order valence-corrected chi connectivity index (χ3v) is 3.22. The van der Waals surface area contributed by atoms with Gasteiger partial charge in [0.1, 0.15) is 0 Å². The molecule has 0 saturated heterocycles. The highest BCUT2D eigenvalue weighted by atomic mass is 16.1. The van der Waals surface area contributed by atoms with Crippen LogP contribution < -0.4 is 11.5 Å². The normalized spacial score (nSPS) is 29.1. The van der Waals surface area contributed by atoms with Crippen LogP contribution in [0.3, 0.4) is 0 Å². The first-order chi connectivity index (χ1) is 7.16. The van der Waals surface area contributed by atoms with Crippen LogP contribution in [0.4, 0.5) is 5.69 Å². The van der Waals surface area contributed by atoms with Gasteiger partial charge < -0.3 is 11.5 Å². The average molecular weight is 206 g/mol. The monoisotopic (exact) mass is 206 g/mol. The summed E-state index contributed by atoms with van der Waals surface area (Å²) in [6.07, 6.45) is 5.01. The van der Waals surface area contributed by atoms with Gasteiger partial charge in [0.05, 0.1) is 23.3 Å². The fourth-order valence-electron chi connectivity index (χ4n) is 2.04. The van der Waals surface area contributed by atoms with Crippen molar-refractivity contribution in [3.63, 3.8) is 0 Å². The van der Waals surface area contributed by atoms with Crippen molar-refractivity contribution < 1.29 is 4.79 Å². The van der Waals surface area contributed by atoms with Crippen LogP contribution in [0.15, 0.2) is 6.20 Å². The maximum Gasteiger partial charge on any atom is 0.222 e. The number of aromatic nitrogens is 2. The number of nitrogens with zero attached hydrogens (tertiary/aromatic N) is 2. The summed E-state index contributed by atoms with van der Waals surface area (Å²) in [5.41, 5.74) is 12.9. The van der Waals surface area contributed by atoms with Crippen LogP contribution in [0.25, 0.3) is 0 Å². The summed E-state index contributed by atoms with van der Waals surface area (Å²) < 4.78 is 1.82. The minimum Gasteiger partial charge on any atom is -0.396 e. The first-order valence-electron chi connectivity index (χ1n) is 5.30. The fourth-order valence-corrected chi connectivity index (χ4v) is 2.04. The van der Waals surface area contributed by atoms with Crippen molar-refractivity contribution in [3.8, 4) is 0 Å². The van der Waals surface area contributed by atoms with Gasteiger partial charge in [-0.1, -0.05) is 0 Å². The molecule has 5 heteroatoms. The molecule has 4 N–H and O–H groups in total. The van der Waals surface area contributed by atoms with Gasteiger partial charge in [0.25, 0.3) is 0 Å². The molecule has 2 aliphatic carbocycles. The maximum absolute atomic E-state index is 10.9. The number of rotatable bonds is 3. The molecule has 0 aromatic carbocycles. The van der Waals surface area contributed by atoms with Gasteiger partial charge in [-0.05, 0) is 19.3 Å². The minimum absolute atomic E-state index is 0.0450. The van der Waals surface area contributed by atoms with Crippen LogP contribution >= 0.6 is 0 Å². The van der Waals surface area contributed by atoms with Crippen molar-refractivity contribution in [1.29, 1.82) is 0 Å². The Morgan fingerprint density at radius 1 is 1.53 bits per heavy atom. The molecule has 3 rings (SSSR count). The number of carbonyl (C=O) groups is 1. The second-order valence-electron chi connectivity index (χ2n) is 4.54. The molecule has 0 spiro atoms. The molecule has 1 aromatic heterocycles. The highest BCUT2D eigenvalue weighted by Gasteiger charge is 2.44. The zero-order chi connectivity index (χ0) is 10.6. The summed E-state index contributed by atoms with van der Waals surface area (Å²) in [4.78, 5) is 10.9. The molecule has 0 bridgehead atoms. The Hall–Kier alpha value is -1.52. The molecule has 5 nitrogen and oxygen atoms in total. The van der Waals surface area contributed by atoms with Crippen molar-refractivity contribution in [2.75, 3.05) is 5.73 Å². The quantitative estimate of drug-likeness (QED) is 0.749. The Morgan fingerprint density at radius 3 is 2.80 bits per heavy atom. The number of nitrogen functional groups attached to an aromatic ring is 1. The van der Waals surface area contributed by atoms with Crippen LogP contribution in [0.5, 0.6) is 0 Å². The summed E-state index contributed by atoms with van der Waals surface area (Å²) in [5.74, 6) is 0.274. The van der Waals surface area contributed by atoms with E-state index in [9.17, 15) is 4.79 Å². The highest BCUT2D eigenvalue weighted by molar-refractivity contribution is 5.80. The number of amides is 1. The largest absolute Gasteiger partial charge is 0.396 e. The van der Waals surface area contributed by atoms with Gasteiger partial charge in [-0.15, -0.1) is 0 Å². The lowest BCUT2D eigenvalue weighted by Gasteiger charge is -1.96. The van der Waals surface area contributed by atoms with E-state index >= 15 is 0 Å². The third-order valence-electron chi connectivity index (χ3n) is 3.22. The van der Waals surface area contributed by atoms with Crippen molar-refractivity contribution in [2.24, 2.45) is 11.7 Å². The Kier molecular flexibility index (Phi) is 1.60. The molecule has 1 heterocycles. The van der Waals surface area contributed by atoms with Crippen LogP contribution in [0, 0.1) is 5.92 Å². The average Bonchev–Trinajstić information content (AvgIpc) is 3.07. The number of nitrogens with two attached hydrogens (primary N) is 2. The van der Waals surface area contributed by atoms with E-state index in [4.69, 9.17) is 11.5 Å². The summed E-state index contributed by atoms with van der Waals surface area (Å²) >= 11 is 0. The first kappa shape index (κ1) is 8.76. The lowest BCUT2D eigenvalue weighted by Crippen LogP contribution is -2.15. The Bertz CT molecular complexity index is 421. The molecule has 2 saturated carbocycles. The van der Waals surface area contributed by atoms with E-state index in [0.29, 0.717) is 5.92 Å². The van der Waals surface area contributed by atoms with E-state index in [0.717, 1.165) is 17.8 Å². The van der Waals surface area contributed by atoms with Gasteiger partial charge in [0.15, 0.2) is 0 Å². The highest BCUT2D eigenvalue weighted by Crippen LogP contribution is 2.46. The zero-order valence-corrected chi connectivity index (χ0v) is 8.39. The van der Waals surface area contributed by atoms with Crippen LogP contribution in [0.1, 0.15) is 36.9 Å². The Labute approximate surface area is 87.4 Å². The van der Waals surface area contributed by atoms with Gasteiger partial charge in [-0.3, -0.25) is 9.48 Å². The van der Waals surface area contributed by atoms with E-state index in [1.165, 1.54) is 12.8 Å². The first-order valence-corrected chi connectivity index (χ1v) is 5.30. The maximum atomic E-state index is 10.9. The molecule has 1 amide bonds. The Balaban J connectivity index is 1.82. The molecule has 1 aromatic rings. The van der Waals surface area contributed by atoms with E-state index < -0.39 is 0 Å². The molecule has 2 atom stereocenters. The summed E-state index contributed by atoms with van der Waals surface area (Å²) in [7, 11) is 0. The van der Waals surface area contributed by atoms with Crippen molar-refractivity contribution >= 4 is 11.6 Å². The van der Waals surface area contributed by atoms with E-state index in [1.54, 1.807) is 0 Å². The van der Waals surface area contributed by atoms with Crippen LogP contribution in [-0.2, 0) is 4.79 Å². The molecule has 0 radical (unpaired) electrons. The number of hydrogen-bond acceptors (Lipinski definition) is 3. The second kappa shape index (κ2) is 2.74. The molecule has 15 heavy (non-hydrogen) atoms. The lowest BCUT2D eigenvalue weighted by atomic mass is 10.3. The van der Waals surface area contributed by atoms with Gasteiger partial charge >= 0.3 is 0 Å². The van der Waals surface area contributed by atoms with E-state index in [-0.39, 0.29) is 17.9 Å². The fraction of sp³-hybridized carbons (Fsp3) is 0.600. The SMILES string of the molecule is NC(=O)C1CC1n1cc(N)c(C2CC2)n1. The third kappa shape index (κ3) is 1.38. The molecule has 0 aliphatic heterocycles. The summed E-state index contributed by atoms with van der Waals surface area (Å²) in [6.45, 7) is 0. The topological polar surface area (TPSA) is 86.9 Å².